The maximum atomic E-state index is 11.9. The van der Waals surface area contributed by atoms with Gasteiger partial charge in [0, 0.05) is 18.1 Å². The lowest BCUT2D eigenvalue weighted by molar-refractivity contribution is 0.0963. The van der Waals surface area contributed by atoms with Crippen molar-refractivity contribution in [2.75, 3.05) is 12.8 Å². The van der Waals surface area contributed by atoms with Gasteiger partial charge in [-0.05, 0) is 30.2 Å². The summed E-state index contributed by atoms with van der Waals surface area (Å²) in [7, 11) is -1.69. The average molecular weight is 302 g/mol. The lowest BCUT2D eigenvalue weighted by atomic mass is 10.1. The fourth-order valence-corrected chi connectivity index (χ4v) is 3.33. The molecule has 0 aromatic heterocycles. The lowest BCUT2D eigenvalue weighted by Gasteiger charge is -2.05. The van der Waals surface area contributed by atoms with Crippen LogP contribution < -0.4 is 5.32 Å². The first-order valence-corrected chi connectivity index (χ1v) is 7.91. The van der Waals surface area contributed by atoms with Crippen LogP contribution in [0.4, 0.5) is 0 Å². The lowest BCUT2D eigenvalue weighted by Crippen LogP contribution is -2.17. The zero-order chi connectivity index (χ0) is 14.5. The van der Waals surface area contributed by atoms with Crippen LogP contribution in [0, 0.1) is 0 Å². The number of carbonyl (C=O) groups is 1. The molecule has 19 heavy (non-hydrogen) atoms. The minimum atomic E-state index is -3.24. The van der Waals surface area contributed by atoms with E-state index in [0.717, 1.165) is 0 Å². The molecule has 0 bridgehead atoms. The number of hydrogen-bond acceptors (Lipinski definition) is 3. The summed E-state index contributed by atoms with van der Waals surface area (Å²) in [6.07, 6.45) is 0. The first-order valence-electron chi connectivity index (χ1n) is 5.65. The van der Waals surface area contributed by atoms with Crippen LogP contribution in [0.3, 0.4) is 0 Å². The van der Waals surface area contributed by atoms with Crippen molar-refractivity contribution < 1.29 is 13.2 Å². The number of hydrogen-bond donors (Lipinski definition) is 1. The van der Waals surface area contributed by atoms with E-state index in [-0.39, 0.29) is 17.4 Å². The molecule has 104 valence electrons. The number of benzene rings is 1. The quantitative estimate of drug-likeness (QED) is 0.906. The molecule has 0 radical (unpaired) electrons. The van der Waals surface area contributed by atoms with Gasteiger partial charge in [-0.25, -0.2) is 8.42 Å². The molecule has 1 amide bonds. The van der Waals surface area contributed by atoms with E-state index in [9.17, 15) is 13.2 Å². The summed E-state index contributed by atoms with van der Waals surface area (Å²) in [5.41, 5.74) is 3.02. The molecule has 0 saturated carbocycles. The van der Waals surface area contributed by atoms with Gasteiger partial charge in [0.2, 0.25) is 0 Å². The molecule has 0 saturated heterocycles. The average Bonchev–Trinajstić information content (AvgIpc) is 2.37. The van der Waals surface area contributed by atoms with E-state index in [1.165, 1.54) is 5.54 Å². The van der Waals surface area contributed by atoms with Gasteiger partial charge < -0.3 is 5.32 Å². The van der Waals surface area contributed by atoms with Gasteiger partial charge in [-0.15, -0.1) is 0 Å². The molecule has 6 heteroatoms. The van der Waals surface area contributed by atoms with Gasteiger partial charge >= 0.3 is 0 Å². The summed E-state index contributed by atoms with van der Waals surface area (Å²) in [5, 5.41) is 2.50. The Kier molecular flexibility index (Phi) is 5.57. The monoisotopic (exact) mass is 301 g/mol. The second kappa shape index (κ2) is 6.73. The molecule has 1 aromatic rings. The van der Waals surface area contributed by atoms with Gasteiger partial charge in [0.1, 0.15) is 0 Å². The zero-order valence-electron chi connectivity index (χ0n) is 10.8. The summed E-state index contributed by atoms with van der Waals surface area (Å²) in [6, 6.07) is 6.49. The Labute approximate surface area is 118 Å². The summed E-state index contributed by atoms with van der Waals surface area (Å²) in [5.74, 6) is -0.327. The van der Waals surface area contributed by atoms with Crippen LogP contribution in [0.2, 0.25) is 0 Å². The van der Waals surface area contributed by atoms with Crippen molar-refractivity contribution >= 4 is 27.3 Å². The maximum absolute atomic E-state index is 11.9. The van der Waals surface area contributed by atoms with E-state index < -0.39 is 9.84 Å². The number of rotatable bonds is 5. The minimum Gasteiger partial charge on any atom is -0.355 e. The zero-order valence-corrected chi connectivity index (χ0v) is 12.4. The Balaban J connectivity index is 2.81. The molecule has 1 aromatic carbocycles. The number of nitrogens with one attached hydrogen (secondary N) is 1. The summed E-state index contributed by atoms with van der Waals surface area (Å²) in [6.45, 7) is 1.67. The molecule has 1 rings (SSSR count). The van der Waals surface area contributed by atoms with Crippen LogP contribution in [0.15, 0.2) is 35.4 Å². The molecule has 0 aliphatic heterocycles. The predicted octanol–water partition coefficient (Wildman–Crippen LogP) is 2.10. The molecular formula is C13H16ClNO3S. The maximum Gasteiger partial charge on any atom is 0.251 e. The highest BCUT2D eigenvalue weighted by Gasteiger charge is 2.13. The van der Waals surface area contributed by atoms with Crippen LogP contribution in [-0.4, -0.2) is 27.1 Å². The Bertz CT molecular complexity index is 576. The van der Waals surface area contributed by atoms with Crippen molar-refractivity contribution in [1.82, 2.24) is 5.32 Å². The Morgan fingerprint density at radius 3 is 2.37 bits per heavy atom. The van der Waals surface area contributed by atoms with Gasteiger partial charge in [0.15, 0.2) is 9.84 Å². The van der Waals surface area contributed by atoms with E-state index in [0.29, 0.717) is 16.7 Å². The molecule has 0 aliphatic carbocycles. The fourth-order valence-electron chi connectivity index (χ4n) is 1.58. The van der Waals surface area contributed by atoms with Crippen LogP contribution in [-0.2, 0) is 15.6 Å². The second-order valence-corrected chi connectivity index (χ2v) is 6.55. The van der Waals surface area contributed by atoms with Crippen LogP contribution in [0.5, 0.6) is 0 Å². The van der Waals surface area contributed by atoms with E-state index in [2.05, 4.69) is 5.32 Å². The first-order chi connectivity index (χ1) is 8.88. The molecule has 0 aliphatic rings. The van der Waals surface area contributed by atoms with Crippen LogP contribution >= 0.6 is 11.6 Å². The molecule has 0 unspecified atom stereocenters. The molecule has 4 nitrogen and oxygen atoms in total. The molecular weight excluding hydrogens is 286 g/mol. The van der Waals surface area contributed by atoms with E-state index in [4.69, 9.17) is 11.6 Å². The highest BCUT2D eigenvalue weighted by atomic mass is 35.5. The van der Waals surface area contributed by atoms with Crippen molar-refractivity contribution in [3.8, 4) is 0 Å². The third kappa shape index (κ3) is 5.04. The number of sulfone groups is 1. The molecule has 1 N–H and O–H groups in total. The third-order valence-corrected chi connectivity index (χ3v) is 4.50. The highest BCUT2D eigenvalue weighted by Crippen LogP contribution is 2.11. The molecule has 0 spiro atoms. The number of halogens is 1. The molecule has 0 atom stereocenters. The second-order valence-electron chi connectivity index (χ2n) is 4.26. The molecule has 0 fully saturated rings. The van der Waals surface area contributed by atoms with Crippen molar-refractivity contribution in [2.45, 2.75) is 12.7 Å². The van der Waals surface area contributed by atoms with Gasteiger partial charge in [0.05, 0.1) is 11.5 Å². The Morgan fingerprint density at radius 2 is 1.89 bits per heavy atom. The Morgan fingerprint density at radius 1 is 1.32 bits per heavy atom. The SMILES string of the molecule is CNC(=O)c1ccc(CS(=O)(=O)C/C(C)=C/Cl)cc1. The Hall–Kier alpha value is -1.33. The van der Waals surface area contributed by atoms with Crippen molar-refractivity contribution in [3.63, 3.8) is 0 Å². The number of amides is 1. The van der Waals surface area contributed by atoms with E-state index in [1.807, 2.05) is 0 Å². The topological polar surface area (TPSA) is 63.2 Å². The minimum absolute atomic E-state index is 0.0618. The fraction of sp³-hybridized carbons (Fsp3) is 0.308. The first kappa shape index (κ1) is 15.7. The summed E-state index contributed by atoms with van der Waals surface area (Å²) in [4.78, 5) is 11.3. The van der Waals surface area contributed by atoms with Crippen molar-refractivity contribution in [1.29, 1.82) is 0 Å². The van der Waals surface area contributed by atoms with Gasteiger partial charge in [-0.2, -0.15) is 0 Å². The molecule has 0 heterocycles. The van der Waals surface area contributed by atoms with Crippen LogP contribution in [0.25, 0.3) is 0 Å². The van der Waals surface area contributed by atoms with E-state index >= 15 is 0 Å². The third-order valence-electron chi connectivity index (χ3n) is 2.46. The van der Waals surface area contributed by atoms with Crippen LogP contribution in [0.1, 0.15) is 22.8 Å². The van der Waals surface area contributed by atoms with Crippen molar-refractivity contribution in [2.24, 2.45) is 0 Å². The largest absolute Gasteiger partial charge is 0.355 e. The summed E-state index contributed by atoms with van der Waals surface area (Å²) < 4.78 is 23.7. The standard InChI is InChI=1S/C13H16ClNO3S/c1-10(7-14)8-19(17,18)9-11-3-5-12(6-4-11)13(16)15-2/h3-7H,8-9H2,1-2H3,(H,15,16)/b10-7+. The summed E-state index contributed by atoms with van der Waals surface area (Å²) >= 11 is 5.46. The smallest absolute Gasteiger partial charge is 0.251 e. The van der Waals surface area contributed by atoms with Gasteiger partial charge in [0.25, 0.3) is 5.91 Å². The van der Waals surface area contributed by atoms with Gasteiger partial charge in [-0.3, -0.25) is 4.79 Å². The van der Waals surface area contributed by atoms with Gasteiger partial charge in [-0.1, -0.05) is 23.7 Å². The highest BCUT2D eigenvalue weighted by molar-refractivity contribution is 7.90. The van der Waals surface area contributed by atoms with Crippen molar-refractivity contribution in [3.05, 3.63) is 46.5 Å². The number of carbonyl (C=O) groups excluding carboxylic acids is 1. The predicted molar refractivity (Wildman–Crippen MR) is 76.9 cm³/mol. The van der Waals surface area contributed by atoms with E-state index in [1.54, 1.807) is 38.2 Å². The normalized spacial score (nSPS) is 12.3.